The van der Waals surface area contributed by atoms with Crippen LogP contribution in [0.5, 0.6) is 5.75 Å². The predicted molar refractivity (Wildman–Crippen MR) is 59.1 cm³/mol. The lowest BCUT2D eigenvalue weighted by molar-refractivity contribution is -0.274. The Labute approximate surface area is 103 Å². The third-order valence-electron chi connectivity index (χ3n) is 2.99. The highest BCUT2D eigenvalue weighted by molar-refractivity contribution is 5.31. The second kappa shape index (κ2) is 4.78. The highest BCUT2D eigenvalue weighted by atomic mass is 19.4. The van der Waals surface area contributed by atoms with Gasteiger partial charge in [0.05, 0.1) is 0 Å². The highest BCUT2D eigenvalue weighted by Crippen LogP contribution is 2.30. The summed E-state index contributed by atoms with van der Waals surface area (Å²) in [4.78, 5) is 0. The molecule has 6 heteroatoms. The van der Waals surface area contributed by atoms with Crippen LogP contribution >= 0.6 is 0 Å². The zero-order valence-electron chi connectivity index (χ0n) is 9.63. The number of piperidine rings is 1. The van der Waals surface area contributed by atoms with Gasteiger partial charge < -0.3 is 15.2 Å². The van der Waals surface area contributed by atoms with Crippen LogP contribution in [0.1, 0.15) is 18.4 Å². The van der Waals surface area contributed by atoms with Gasteiger partial charge in [0, 0.05) is 6.54 Å². The molecule has 3 nitrogen and oxygen atoms in total. The minimum atomic E-state index is -4.69. The molecule has 0 bridgehead atoms. The first-order valence-electron chi connectivity index (χ1n) is 5.68. The number of benzene rings is 1. The Hall–Kier alpha value is -1.27. The first-order chi connectivity index (χ1) is 8.39. The number of ether oxygens (including phenoxy) is 1. The van der Waals surface area contributed by atoms with Crippen LogP contribution in [0.2, 0.25) is 0 Å². The van der Waals surface area contributed by atoms with Gasteiger partial charge in [-0.05, 0) is 37.1 Å². The Morgan fingerprint density at radius 1 is 1.22 bits per heavy atom. The first-order valence-corrected chi connectivity index (χ1v) is 5.68. The number of hydrogen-bond acceptors (Lipinski definition) is 3. The Morgan fingerprint density at radius 3 is 2.39 bits per heavy atom. The second-order valence-corrected chi connectivity index (χ2v) is 4.38. The number of β-amino-alcohol motifs (C(OH)–C–C–N with tert-alkyl or cyclic N) is 1. The quantitative estimate of drug-likeness (QED) is 0.857. The monoisotopic (exact) mass is 261 g/mol. The minimum Gasteiger partial charge on any atom is -0.406 e. The van der Waals surface area contributed by atoms with E-state index in [4.69, 9.17) is 0 Å². The molecule has 0 amide bonds. The molecular weight excluding hydrogens is 247 g/mol. The van der Waals surface area contributed by atoms with Gasteiger partial charge in [-0.25, -0.2) is 0 Å². The average molecular weight is 261 g/mol. The van der Waals surface area contributed by atoms with Crippen molar-refractivity contribution in [1.82, 2.24) is 5.32 Å². The maximum atomic E-state index is 12.0. The van der Waals surface area contributed by atoms with E-state index in [1.54, 1.807) is 0 Å². The standard InChI is InChI=1S/C12H14F3NO2/c13-12(14,15)18-10-4-2-9(3-5-10)11(17)6-1-7-16-8-11/h2-5,16-17H,1,6-8H2. The van der Waals surface area contributed by atoms with E-state index in [0.717, 1.165) is 13.0 Å². The molecule has 2 N–H and O–H groups in total. The molecule has 1 saturated heterocycles. The van der Waals surface area contributed by atoms with Crippen molar-refractivity contribution in [1.29, 1.82) is 0 Å². The minimum absolute atomic E-state index is 0.279. The number of alkyl halides is 3. The van der Waals surface area contributed by atoms with Crippen LogP contribution in [0.15, 0.2) is 24.3 Å². The molecule has 1 aromatic carbocycles. The molecule has 1 heterocycles. The molecule has 1 unspecified atom stereocenters. The lowest BCUT2D eigenvalue weighted by atomic mass is 9.87. The summed E-state index contributed by atoms with van der Waals surface area (Å²) in [5, 5.41) is 13.4. The molecule has 1 fully saturated rings. The van der Waals surface area contributed by atoms with E-state index in [9.17, 15) is 18.3 Å². The predicted octanol–water partition coefficient (Wildman–Crippen LogP) is 2.16. The van der Waals surface area contributed by atoms with Crippen molar-refractivity contribution < 1.29 is 23.0 Å². The van der Waals surface area contributed by atoms with E-state index in [0.29, 0.717) is 18.5 Å². The van der Waals surface area contributed by atoms with Gasteiger partial charge in [0.25, 0.3) is 0 Å². The van der Waals surface area contributed by atoms with Crippen molar-refractivity contribution in [2.24, 2.45) is 0 Å². The summed E-state index contributed by atoms with van der Waals surface area (Å²) in [6.45, 7) is 1.25. The number of nitrogens with one attached hydrogen (secondary N) is 1. The first kappa shape index (κ1) is 13.2. The lowest BCUT2D eigenvalue weighted by Gasteiger charge is -2.33. The Kier molecular flexibility index (Phi) is 3.49. The van der Waals surface area contributed by atoms with Gasteiger partial charge >= 0.3 is 6.36 Å². The highest BCUT2D eigenvalue weighted by Gasteiger charge is 2.33. The number of rotatable bonds is 2. The van der Waals surface area contributed by atoms with E-state index in [1.165, 1.54) is 24.3 Å². The largest absolute Gasteiger partial charge is 0.573 e. The molecule has 18 heavy (non-hydrogen) atoms. The smallest absolute Gasteiger partial charge is 0.406 e. The fourth-order valence-electron chi connectivity index (χ4n) is 2.10. The molecule has 2 rings (SSSR count). The van der Waals surface area contributed by atoms with Gasteiger partial charge in [-0.3, -0.25) is 0 Å². The van der Waals surface area contributed by atoms with Crippen molar-refractivity contribution in [3.63, 3.8) is 0 Å². The van der Waals surface area contributed by atoms with Crippen LogP contribution in [0, 0.1) is 0 Å². The van der Waals surface area contributed by atoms with Crippen molar-refractivity contribution in [2.75, 3.05) is 13.1 Å². The molecule has 0 aliphatic carbocycles. The number of aliphatic hydroxyl groups is 1. The molecule has 0 spiro atoms. The summed E-state index contributed by atoms with van der Waals surface area (Å²) in [5.41, 5.74) is -0.404. The Morgan fingerprint density at radius 2 is 1.89 bits per heavy atom. The molecule has 1 aliphatic heterocycles. The zero-order chi connectivity index (χ0) is 13.2. The van der Waals surface area contributed by atoms with Crippen LogP contribution in [-0.4, -0.2) is 24.6 Å². The Balaban J connectivity index is 2.12. The van der Waals surface area contributed by atoms with Crippen LogP contribution < -0.4 is 10.1 Å². The molecule has 1 aromatic rings. The summed E-state index contributed by atoms with van der Waals surface area (Å²) in [6, 6.07) is 5.37. The molecule has 1 atom stereocenters. The molecule has 0 saturated carbocycles. The van der Waals surface area contributed by atoms with Crippen LogP contribution in [0.3, 0.4) is 0 Å². The summed E-state index contributed by atoms with van der Waals surface area (Å²) < 4.78 is 39.8. The summed E-state index contributed by atoms with van der Waals surface area (Å²) in [7, 11) is 0. The summed E-state index contributed by atoms with van der Waals surface area (Å²) >= 11 is 0. The summed E-state index contributed by atoms with van der Waals surface area (Å²) in [5.74, 6) is -0.279. The van der Waals surface area contributed by atoms with Crippen molar-refractivity contribution in [3.8, 4) is 5.75 Å². The van der Waals surface area contributed by atoms with Crippen LogP contribution in [0.25, 0.3) is 0 Å². The third kappa shape index (κ3) is 3.14. The number of halogens is 3. The third-order valence-corrected chi connectivity index (χ3v) is 2.99. The second-order valence-electron chi connectivity index (χ2n) is 4.38. The number of hydrogen-bond donors (Lipinski definition) is 2. The average Bonchev–Trinajstić information content (AvgIpc) is 2.28. The molecule has 100 valence electrons. The fraction of sp³-hybridized carbons (Fsp3) is 0.500. The zero-order valence-corrected chi connectivity index (χ0v) is 9.63. The van der Waals surface area contributed by atoms with Crippen molar-refractivity contribution in [2.45, 2.75) is 24.8 Å². The van der Waals surface area contributed by atoms with E-state index in [2.05, 4.69) is 10.1 Å². The van der Waals surface area contributed by atoms with Crippen LogP contribution in [-0.2, 0) is 5.60 Å². The molecule has 0 aromatic heterocycles. The SMILES string of the molecule is OC1(c2ccc(OC(F)(F)F)cc2)CCCNC1. The van der Waals surface area contributed by atoms with Crippen molar-refractivity contribution in [3.05, 3.63) is 29.8 Å². The fourth-order valence-corrected chi connectivity index (χ4v) is 2.10. The summed E-state index contributed by atoms with van der Waals surface area (Å²) in [6.07, 6.45) is -3.26. The van der Waals surface area contributed by atoms with Gasteiger partial charge in [-0.15, -0.1) is 13.2 Å². The van der Waals surface area contributed by atoms with Gasteiger partial charge in [-0.1, -0.05) is 12.1 Å². The van der Waals surface area contributed by atoms with Gasteiger partial charge in [0.2, 0.25) is 0 Å². The molecular formula is C12H14F3NO2. The van der Waals surface area contributed by atoms with E-state index < -0.39 is 12.0 Å². The van der Waals surface area contributed by atoms with Gasteiger partial charge in [0.15, 0.2) is 0 Å². The molecule has 0 radical (unpaired) electrons. The maximum Gasteiger partial charge on any atom is 0.573 e. The van der Waals surface area contributed by atoms with Crippen molar-refractivity contribution >= 4 is 0 Å². The maximum absolute atomic E-state index is 12.0. The molecule has 1 aliphatic rings. The Bertz CT molecular complexity index is 397. The van der Waals surface area contributed by atoms with Gasteiger partial charge in [0.1, 0.15) is 11.4 Å². The van der Waals surface area contributed by atoms with E-state index in [1.807, 2.05) is 0 Å². The normalized spacial score (nSPS) is 24.9. The lowest BCUT2D eigenvalue weighted by Crippen LogP contribution is -2.43. The van der Waals surface area contributed by atoms with E-state index in [-0.39, 0.29) is 5.75 Å². The van der Waals surface area contributed by atoms with E-state index >= 15 is 0 Å². The topological polar surface area (TPSA) is 41.5 Å². The van der Waals surface area contributed by atoms with Gasteiger partial charge in [-0.2, -0.15) is 0 Å². The van der Waals surface area contributed by atoms with Crippen LogP contribution in [0.4, 0.5) is 13.2 Å².